The lowest BCUT2D eigenvalue weighted by molar-refractivity contribution is 0.324. The second-order valence-electron chi connectivity index (χ2n) is 4.27. The van der Waals surface area contributed by atoms with Crippen LogP contribution in [0.5, 0.6) is 0 Å². The van der Waals surface area contributed by atoms with Gasteiger partial charge in [-0.25, -0.2) is 0 Å². The van der Waals surface area contributed by atoms with Crippen LogP contribution in [0.3, 0.4) is 0 Å². The zero-order valence-corrected chi connectivity index (χ0v) is 9.10. The summed E-state index contributed by atoms with van der Waals surface area (Å²) in [5.41, 5.74) is 0. The van der Waals surface area contributed by atoms with Crippen molar-refractivity contribution in [3.05, 3.63) is 0 Å². The third kappa shape index (κ3) is 4.63. The Morgan fingerprint density at radius 2 is 2.08 bits per heavy atom. The van der Waals surface area contributed by atoms with Gasteiger partial charge < -0.3 is 10.6 Å². The molecular formula is C11H24N2. The summed E-state index contributed by atoms with van der Waals surface area (Å²) < 4.78 is 0. The summed E-state index contributed by atoms with van der Waals surface area (Å²) in [5.74, 6) is 0. The molecule has 1 aliphatic heterocycles. The first-order valence-electron chi connectivity index (χ1n) is 5.79. The van der Waals surface area contributed by atoms with Crippen LogP contribution in [0.25, 0.3) is 0 Å². The molecule has 0 bridgehead atoms. The van der Waals surface area contributed by atoms with Gasteiger partial charge in [0.25, 0.3) is 0 Å². The smallest absolute Gasteiger partial charge is 0.0319 e. The van der Waals surface area contributed by atoms with Crippen molar-refractivity contribution in [2.24, 2.45) is 0 Å². The summed E-state index contributed by atoms with van der Waals surface area (Å²) in [6.07, 6.45) is 6.89. The average Bonchev–Trinajstić information content (AvgIpc) is 2.06. The number of nitrogens with one attached hydrogen (secondary N) is 2. The van der Waals surface area contributed by atoms with Crippen molar-refractivity contribution in [3.8, 4) is 0 Å². The molecule has 1 unspecified atom stereocenters. The standard InChI is InChI=1S/C11H24N2/c1-3-4-5-6-7-10(2)13-11-8-12-9-11/h10-13H,3-9H2,1-2H3. The van der Waals surface area contributed by atoms with E-state index in [2.05, 4.69) is 24.5 Å². The maximum Gasteiger partial charge on any atom is 0.0319 e. The van der Waals surface area contributed by atoms with Crippen molar-refractivity contribution in [1.29, 1.82) is 0 Å². The lowest BCUT2D eigenvalue weighted by Gasteiger charge is -2.31. The van der Waals surface area contributed by atoms with E-state index in [1.165, 1.54) is 45.2 Å². The number of hydrogen-bond acceptors (Lipinski definition) is 2. The Hall–Kier alpha value is -0.0800. The molecule has 1 fully saturated rings. The topological polar surface area (TPSA) is 24.1 Å². The number of hydrogen-bond donors (Lipinski definition) is 2. The fraction of sp³-hybridized carbons (Fsp3) is 1.00. The van der Waals surface area contributed by atoms with Crippen LogP contribution in [0.1, 0.15) is 46.0 Å². The predicted molar refractivity (Wildman–Crippen MR) is 58.0 cm³/mol. The van der Waals surface area contributed by atoms with Crippen LogP contribution < -0.4 is 10.6 Å². The van der Waals surface area contributed by atoms with Gasteiger partial charge in [0, 0.05) is 25.2 Å². The van der Waals surface area contributed by atoms with Crippen LogP contribution in [-0.2, 0) is 0 Å². The molecule has 0 radical (unpaired) electrons. The Kier molecular flexibility index (Phi) is 5.40. The first-order chi connectivity index (χ1) is 6.33. The molecular weight excluding hydrogens is 160 g/mol. The molecule has 0 aromatic rings. The van der Waals surface area contributed by atoms with Crippen molar-refractivity contribution < 1.29 is 0 Å². The Morgan fingerprint density at radius 3 is 2.62 bits per heavy atom. The maximum atomic E-state index is 3.63. The molecule has 0 aliphatic carbocycles. The Labute approximate surface area is 82.5 Å². The van der Waals surface area contributed by atoms with Gasteiger partial charge in [-0.3, -0.25) is 0 Å². The average molecular weight is 184 g/mol. The van der Waals surface area contributed by atoms with E-state index >= 15 is 0 Å². The summed E-state index contributed by atoms with van der Waals surface area (Å²) in [6.45, 7) is 6.91. The highest BCUT2D eigenvalue weighted by molar-refractivity contribution is 4.83. The maximum absolute atomic E-state index is 3.63. The fourth-order valence-electron chi connectivity index (χ4n) is 1.77. The minimum Gasteiger partial charge on any atom is -0.314 e. The fourth-order valence-corrected chi connectivity index (χ4v) is 1.77. The van der Waals surface area contributed by atoms with E-state index in [1.807, 2.05) is 0 Å². The summed E-state index contributed by atoms with van der Waals surface area (Å²) in [4.78, 5) is 0. The van der Waals surface area contributed by atoms with Crippen LogP contribution in [0, 0.1) is 0 Å². The van der Waals surface area contributed by atoms with Crippen molar-refractivity contribution >= 4 is 0 Å². The molecule has 2 heteroatoms. The van der Waals surface area contributed by atoms with Gasteiger partial charge in [0.15, 0.2) is 0 Å². The van der Waals surface area contributed by atoms with Crippen LogP contribution in [-0.4, -0.2) is 25.2 Å². The molecule has 78 valence electrons. The van der Waals surface area contributed by atoms with Crippen molar-refractivity contribution in [2.75, 3.05) is 13.1 Å². The van der Waals surface area contributed by atoms with Gasteiger partial charge in [-0.1, -0.05) is 32.6 Å². The minimum absolute atomic E-state index is 0.712. The Balaban J connectivity index is 1.87. The lowest BCUT2D eigenvalue weighted by atomic mass is 10.1. The van der Waals surface area contributed by atoms with E-state index in [0.717, 1.165) is 6.04 Å². The van der Waals surface area contributed by atoms with Crippen LogP contribution >= 0.6 is 0 Å². The summed E-state index contributed by atoms with van der Waals surface area (Å²) in [7, 11) is 0. The molecule has 2 nitrogen and oxygen atoms in total. The van der Waals surface area contributed by atoms with E-state index < -0.39 is 0 Å². The second kappa shape index (κ2) is 6.39. The third-order valence-electron chi connectivity index (χ3n) is 2.79. The molecule has 0 saturated carbocycles. The van der Waals surface area contributed by atoms with E-state index in [0.29, 0.717) is 6.04 Å². The molecule has 1 rings (SSSR count). The summed E-state index contributed by atoms with van der Waals surface area (Å²) in [5, 5.41) is 6.91. The van der Waals surface area contributed by atoms with Gasteiger partial charge in [0.1, 0.15) is 0 Å². The lowest BCUT2D eigenvalue weighted by Crippen LogP contribution is -2.57. The zero-order chi connectivity index (χ0) is 9.52. The van der Waals surface area contributed by atoms with Crippen molar-refractivity contribution in [1.82, 2.24) is 10.6 Å². The molecule has 13 heavy (non-hydrogen) atoms. The zero-order valence-electron chi connectivity index (χ0n) is 9.10. The molecule has 0 aromatic heterocycles. The summed E-state index contributed by atoms with van der Waals surface area (Å²) >= 11 is 0. The first-order valence-corrected chi connectivity index (χ1v) is 5.79. The highest BCUT2D eigenvalue weighted by atomic mass is 15.1. The van der Waals surface area contributed by atoms with Gasteiger partial charge in [0.2, 0.25) is 0 Å². The second-order valence-corrected chi connectivity index (χ2v) is 4.27. The molecule has 1 saturated heterocycles. The molecule has 0 amide bonds. The molecule has 1 aliphatic rings. The normalized spacial score (nSPS) is 19.8. The molecule has 1 heterocycles. The first kappa shape index (κ1) is 11.0. The molecule has 0 spiro atoms. The highest BCUT2D eigenvalue weighted by Gasteiger charge is 2.17. The predicted octanol–water partition coefficient (Wildman–Crippen LogP) is 1.91. The SMILES string of the molecule is CCCCCCC(C)NC1CNC1. The largest absolute Gasteiger partial charge is 0.314 e. The molecule has 1 atom stereocenters. The highest BCUT2D eigenvalue weighted by Crippen LogP contribution is 2.06. The quantitative estimate of drug-likeness (QED) is 0.591. The van der Waals surface area contributed by atoms with Gasteiger partial charge in [-0.2, -0.15) is 0 Å². The van der Waals surface area contributed by atoms with Gasteiger partial charge in [-0.05, 0) is 13.3 Å². The number of rotatable bonds is 7. The van der Waals surface area contributed by atoms with Gasteiger partial charge in [0.05, 0.1) is 0 Å². The Bertz CT molecular complexity index is 121. The van der Waals surface area contributed by atoms with Crippen molar-refractivity contribution in [2.45, 2.75) is 58.0 Å². The Morgan fingerprint density at radius 1 is 1.31 bits per heavy atom. The molecule has 0 aromatic carbocycles. The van der Waals surface area contributed by atoms with E-state index in [9.17, 15) is 0 Å². The van der Waals surface area contributed by atoms with Crippen LogP contribution in [0.2, 0.25) is 0 Å². The van der Waals surface area contributed by atoms with E-state index in [-0.39, 0.29) is 0 Å². The minimum atomic E-state index is 0.712. The monoisotopic (exact) mass is 184 g/mol. The van der Waals surface area contributed by atoms with Crippen LogP contribution in [0.4, 0.5) is 0 Å². The van der Waals surface area contributed by atoms with Gasteiger partial charge >= 0.3 is 0 Å². The molecule has 2 N–H and O–H groups in total. The van der Waals surface area contributed by atoms with Crippen LogP contribution in [0.15, 0.2) is 0 Å². The van der Waals surface area contributed by atoms with E-state index in [1.54, 1.807) is 0 Å². The van der Waals surface area contributed by atoms with Crippen molar-refractivity contribution in [3.63, 3.8) is 0 Å². The number of unbranched alkanes of at least 4 members (excludes halogenated alkanes) is 3. The van der Waals surface area contributed by atoms with E-state index in [4.69, 9.17) is 0 Å². The summed E-state index contributed by atoms with van der Waals surface area (Å²) in [6, 6.07) is 1.46. The third-order valence-corrected chi connectivity index (χ3v) is 2.79. The van der Waals surface area contributed by atoms with Gasteiger partial charge in [-0.15, -0.1) is 0 Å².